The number of carbonyl (C=O) groups excluding carboxylic acids is 1. The molecule has 0 aromatic heterocycles. The number of hydrogen-bond donors (Lipinski definition) is 2. The monoisotopic (exact) mass is 346 g/mol. The lowest BCUT2D eigenvalue weighted by Gasteiger charge is -2.13. The fraction of sp³-hybridized carbons (Fsp3) is 0.462. The second-order valence-electron chi connectivity index (χ2n) is 5.46. The highest BCUT2D eigenvalue weighted by Gasteiger charge is 2.33. The van der Waals surface area contributed by atoms with Gasteiger partial charge >= 0.3 is 0 Å². The number of hydrazine groups is 1. The highest BCUT2D eigenvalue weighted by molar-refractivity contribution is 7.91. The normalized spacial score (nSPS) is 20.7. The molecule has 1 aliphatic heterocycles. The van der Waals surface area contributed by atoms with Gasteiger partial charge in [-0.1, -0.05) is 12.1 Å². The Morgan fingerprint density at radius 1 is 1.27 bits per heavy atom. The fourth-order valence-electron chi connectivity index (χ4n) is 2.27. The first-order valence-electron chi connectivity index (χ1n) is 6.70. The van der Waals surface area contributed by atoms with Gasteiger partial charge in [0.25, 0.3) is 10.0 Å². The summed E-state index contributed by atoms with van der Waals surface area (Å²) in [6.45, 7) is 3.42. The number of hydrogen-bond acceptors (Lipinski definition) is 5. The highest BCUT2D eigenvalue weighted by atomic mass is 32.2. The Bertz CT molecular complexity index is 800. The van der Waals surface area contributed by atoms with Crippen LogP contribution in [0, 0.1) is 19.8 Å². The number of nitrogens with one attached hydrogen (secondary N) is 2. The van der Waals surface area contributed by atoms with E-state index in [1.54, 1.807) is 26.0 Å². The van der Waals surface area contributed by atoms with Gasteiger partial charge in [-0.3, -0.25) is 10.2 Å². The van der Waals surface area contributed by atoms with Gasteiger partial charge in [-0.2, -0.15) is 0 Å². The van der Waals surface area contributed by atoms with E-state index in [4.69, 9.17) is 0 Å². The van der Waals surface area contributed by atoms with Crippen molar-refractivity contribution < 1.29 is 21.6 Å². The third-order valence-electron chi connectivity index (χ3n) is 3.54. The van der Waals surface area contributed by atoms with Gasteiger partial charge in [-0.25, -0.2) is 16.8 Å². The molecule has 0 saturated carbocycles. The molecule has 2 N–H and O–H groups in total. The zero-order valence-electron chi connectivity index (χ0n) is 12.3. The maximum Gasteiger partial charge on any atom is 0.257 e. The number of benzene rings is 1. The topological polar surface area (TPSA) is 109 Å². The van der Waals surface area contributed by atoms with Crippen molar-refractivity contribution in [2.24, 2.45) is 5.92 Å². The van der Waals surface area contributed by atoms with Crippen LogP contribution >= 0.6 is 0 Å². The molecule has 1 aliphatic rings. The molecule has 2 rings (SSSR count). The maximum atomic E-state index is 12.2. The van der Waals surface area contributed by atoms with E-state index in [0.29, 0.717) is 5.56 Å². The molecule has 0 bridgehead atoms. The van der Waals surface area contributed by atoms with Crippen LogP contribution in [0.3, 0.4) is 0 Å². The standard InChI is InChI=1S/C13H18N2O5S2/c1-9-3-4-10(2)12(7-9)22(19,20)15-14-13(16)11-5-6-21(17,18)8-11/h3-4,7,11,15H,5-6,8H2,1-2H3,(H,14,16)/t11-/m1/s1. The van der Waals surface area contributed by atoms with Crippen molar-refractivity contribution in [1.29, 1.82) is 0 Å². The molecular weight excluding hydrogens is 328 g/mol. The number of amides is 1. The van der Waals surface area contributed by atoms with Crippen molar-refractivity contribution in [2.75, 3.05) is 11.5 Å². The summed E-state index contributed by atoms with van der Waals surface area (Å²) in [4.78, 5) is 14.0. The van der Waals surface area contributed by atoms with Crippen LogP contribution in [0.4, 0.5) is 0 Å². The molecule has 9 heteroatoms. The molecule has 1 heterocycles. The number of sulfone groups is 1. The van der Waals surface area contributed by atoms with Gasteiger partial charge in [-0.15, -0.1) is 4.83 Å². The van der Waals surface area contributed by atoms with E-state index < -0.39 is 31.7 Å². The van der Waals surface area contributed by atoms with E-state index in [9.17, 15) is 21.6 Å². The zero-order valence-corrected chi connectivity index (χ0v) is 13.9. The molecule has 1 amide bonds. The van der Waals surface area contributed by atoms with Crippen LogP contribution in [-0.2, 0) is 24.7 Å². The fourth-order valence-corrected chi connectivity index (χ4v) is 5.19. The molecule has 0 aliphatic carbocycles. The summed E-state index contributed by atoms with van der Waals surface area (Å²) in [7, 11) is -7.10. The molecule has 1 fully saturated rings. The molecule has 1 atom stereocenters. The summed E-state index contributed by atoms with van der Waals surface area (Å²) >= 11 is 0. The first-order valence-corrected chi connectivity index (χ1v) is 10.0. The predicted molar refractivity (Wildman–Crippen MR) is 81.1 cm³/mol. The van der Waals surface area contributed by atoms with Gasteiger partial charge < -0.3 is 0 Å². The van der Waals surface area contributed by atoms with E-state index in [-0.39, 0.29) is 22.8 Å². The summed E-state index contributed by atoms with van der Waals surface area (Å²) in [5, 5.41) is 0. The van der Waals surface area contributed by atoms with Crippen molar-refractivity contribution in [3.8, 4) is 0 Å². The van der Waals surface area contributed by atoms with Gasteiger partial charge in [0, 0.05) is 0 Å². The molecular formula is C13H18N2O5S2. The van der Waals surface area contributed by atoms with E-state index in [0.717, 1.165) is 5.56 Å². The minimum absolute atomic E-state index is 0.0468. The van der Waals surface area contributed by atoms with E-state index in [1.165, 1.54) is 6.07 Å². The van der Waals surface area contributed by atoms with Crippen LogP contribution in [0.1, 0.15) is 17.5 Å². The SMILES string of the molecule is Cc1ccc(C)c(S(=O)(=O)NNC(=O)[C@@H]2CCS(=O)(=O)C2)c1. The van der Waals surface area contributed by atoms with Gasteiger partial charge in [0.2, 0.25) is 5.91 Å². The Morgan fingerprint density at radius 2 is 1.95 bits per heavy atom. The molecule has 0 radical (unpaired) electrons. The minimum Gasteiger partial charge on any atom is -0.277 e. The molecule has 22 heavy (non-hydrogen) atoms. The van der Waals surface area contributed by atoms with Crippen LogP contribution in [0.15, 0.2) is 23.1 Å². The van der Waals surface area contributed by atoms with Gasteiger partial charge in [0.15, 0.2) is 9.84 Å². The Hall–Kier alpha value is -1.45. The molecule has 1 aromatic rings. The largest absolute Gasteiger partial charge is 0.277 e. The molecule has 0 spiro atoms. The van der Waals surface area contributed by atoms with Crippen LogP contribution in [-0.4, -0.2) is 34.2 Å². The van der Waals surface area contributed by atoms with Crippen molar-refractivity contribution >= 4 is 25.8 Å². The Balaban J connectivity index is 2.07. The second-order valence-corrected chi connectivity index (χ2v) is 9.34. The maximum absolute atomic E-state index is 12.2. The average molecular weight is 346 g/mol. The van der Waals surface area contributed by atoms with Crippen LogP contribution in [0.25, 0.3) is 0 Å². The average Bonchev–Trinajstić information content (AvgIpc) is 2.79. The van der Waals surface area contributed by atoms with Crippen LogP contribution in [0.2, 0.25) is 0 Å². The number of aryl methyl sites for hydroxylation is 2. The van der Waals surface area contributed by atoms with E-state index in [2.05, 4.69) is 5.43 Å². The number of rotatable bonds is 4. The number of carbonyl (C=O) groups is 1. The van der Waals surface area contributed by atoms with Crippen molar-refractivity contribution in [2.45, 2.75) is 25.2 Å². The molecule has 1 aromatic carbocycles. The zero-order chi connectivity index (χ0) is 16.5. The van der Waals surface area contributed by atoms with Crippen molar-refractivity contribution in [1.82, 2.24) is 10.3 Å². The molecule has 7 nitrogen and oxygen atoms in total. The lowest BCUT2D eigenvalue weighted by molar-refractivity contribution is -0.124. The molecule has 122 valence electrons. The van der Waals surface area contributed by atoms with Crippen LogP contribution in [0.5, 0.6) is 0 Å². The summed E-state index contributed by atoms with van der Waals surface area (Å²) < 4.78 is 47.1. The third kappa shape index (κ3) is 3.84. The lowest BCUT2D eigenvalue weighted by Crippen LogP contribution is -2.44. The summed E-state index contributed by atoms with van der Waals surface area (Å²) in [6.07, 6.45) is 0.208. The van der Waals surface area contributed by atoms with E-state index in [1.807, 2.05) is 4.83 Å². The number of sulfonamides is 1. The first kappa shape index (κ1) is 16.9. The Kier molecular flexibility index (Phi) is 4.59. The van der Waals surface area contributed by atoms with Gasteiger partial charge in [0.1, 0.15) is 0 Å². The highest BCUT2D eigenvalue weighted by Crippen LogP contribution is 2.19. The summed E-state index contributed by atoms with van der Waals surface area (Å²) in [6, 6.07) is 4.97. The Morgan fingerprint density at radius 3 is 2.55 bits per heavy atom. The lowest BCUT2D eigenvalue weighted by atomic mass is 10.1. The smallest absolute Gasteiger partial charge is 0.257 e. The molecule has 1 saturated heterocycles. The molecule has 0 unspecified atom stereocenters. The third-order valence-corrected chi connectivity index (χ3v) is 6.70. The van der Waals surface area contributed by atoms with E-state index >= 15 is 0 Å². The van der Waals surface area contributed by atoms with Crippen molar-refractivity contribution in [3.05, 3.63) is 29.3 Å². The second kappa shape index (κ2) is 5.98. The van der Waals surface area contributed by atoms with Crippen molar-refractivity contribution in [3.63, 3.8) is 0 Å². The summed E-state index contributed by atoms with van der Waals surface area (Å²) in [5.41, 5.74) is 3.44. The predicted octanol–water partition coefficient (Wildman–Crippen LogP) is 0.0476. The summed E-state index contributed by atoms with van der Waals surface area (Å²) in [5.74, 6) is -1.64. The minimum atomic E-state index is -3.90. The first-order chi connectivity index (χ1) is 10.1. The Labute approximate surface area is 130 Å². The van der Waals surface area contributed by atoms with Gasteiger partial charge in [-0.05, 0) is 37.5 Å². The van der Waals surface area contributed by atoms with Crippen LogP contribution < -0.4 is 10.3 Å². The quantitative estimate of drug-likeness (QED) is 0.749. The van der Waals surface area contributed by atoms with Gasteiger partial charge in [0.05, 0.1) is 22.3 Å².